The molecule has 1 saturated carbocycles. The van der Waals surface area contributed by atoms with Gasteiger partial charge in [0.05, 0.1) is 0 Å². The van der Waals surface area contributed by atoms with Crippen LogP contribution in [0.5, 0.6) is 0 Å². The van der Waals surface area contributed by atoms with E-state index in [4.69, 9.17) is 11.6 Å². The van der Waals surface area contributed by atoms with Crippen molar-refractivity contribution in [3.8, 4) is 0 Å². The molecule has 16 heavy (non-hydrogen) atoms. The third-order valence-corrected chi connectivity index (χ3v) is 3.85. The van der Waals surface area contributed by atoms with Crippen molar-refractivity contribution in [3.63, 3.8) is 0 Å². The molecule has 88 valence electrons. The molecule has 1 nitrogen and oxygen atoms in total. The lowest BCUT2D eigenvalue weighted by Crippen LogP contribution is -2.38. The summed E-state index contributed by atoms with van der Waals surface area (Å²) in [6.07, 6.45) is 4.98. The predicted molar refractivity (Wildman–Crippen MR) is 69.9 cm³/mol. The second-order valence-electron chi connectivity index (χ2n) is 4.78. The normalized spacial score (nSPS) is 25.6. The van der Waals surface area contributed by atoms with Crippen LogP contribution in [-0.2, 0) is 6.54 Å². The summed E-state index contributed by atoms with van der Waals surface area (Å²) in [5, 5.41) is 3.90. The number of hydrogen-bond acceptors (Lipinski definition) is 1. The molecule has 1 aromatic rings. The van der Waals surface area contributed by atoms with E-state index in [1.54, 1.807) is 0 Å². The second kappa shape index (κ2) is 5.70. The van der Waals surface area contributed by atoms with Crippen molar-refractivity contribution in [1.82, 2.24) is 5.32 Å². The Kier molecular flexibility index (Phi) is 4.25. The number of nitrogens with one attached hydrogen (secondary N) is 1. The van der Waals surface area contributed by atoms with E-state index in [0.29, 0.717) is 11.4 Å². The molecule has 2 heteroatoms. The van der Waals surface area contributed by atoms with Crippen molar-refractivity contribution in [3.05, 3.63) is 35.4 Å². The zero-order chi connectivity index (χ0) is 11.4. The van der Waals surface area contributed by atoms with Crippen molar-refractivity contribution in [2.24, 2.45) is 0 Å². The van der Waals surface area contributed by atoms with Crippen LogP contribution in [0.15, 0.2) is 24.3 Å². The minimum absolute atomic E-state index is 0.318. The third-order valence-electron chi connectivity index (χ3n) is 3.33. The first-order valence-electron chi connectivity index (χ1n) is 6.19. The number of aryl methyl sites for hydroxylation is 1. The Morgan fingerprint density at radius 2 is 2.12 bits per heavy atom. The lowest BCUT2D eigenvalue weighted by molar-refractivity contribution is 0.378. The maximum absolute atomic E-state index is 6.32. The summed E-state index contributed by atoms with van der Waals surface area (Å²) < 4.78 is 0. The molecule has 0 spiro atoms. The van der Waals surface area contributed by atoms with Gasteiger partial charge in [0.1, 0.15) is 0 Å². The Morgan fingerprint density at radius 3 is 2.88 bits per heavy atom. The molecule has 0 saturated heterocycles. The fourth-order valence-corrected chi connectivity index (χ4v) is 2.76. The average molecular weight is 238 g/mol. The molecule has 2 unspecified atom stereocenters. The maximum atomic E-state index is 6.32. The van der Waals surface area contributed by atoms with Crippen LogP contribution < -0.4 is 5.32 Å². The SMILES string of the molecule is Cc1cccc(CNC2CCCCC2Cl)c1. The zero-order valence-corrected chi connectivity index (χ0v) is 10.6. The van der Waals surface area contributed by atoms with Crippen molar-refractivity contribution < 1.29 is 0 Å². The highest BCUT2D eigenvalue weighted by atomic mass is 35.5. The van der Waals surface area contributed by atoms with E-state index in [0.717, 1.165) is 13.0 Å². The van der Waals surface area contributed by atoms with Gasteiger partial charge in [0.25, 0.3) is 0 Å². The highest BCUT2D eigenvalue weighted by Crippen LogP contribution is 2.23. The summed E-state index contributed by atoms with van der Waals surface area (Å²) in [5.41, 5.74) is 2.68. The highest BCUT2D eigenvalue weighted by Gasteiger charge is 2.22. The molecule has 1 aliphatic carbocycles. The van der Waals surface area contributed by atoms with Gasteiger partial charge in [-0.15, -0.1) is 11.6 Å². The molecule has 0 aromatic heterocycles. The Labute approximate surface area is 103 Å². The fraction of sp³-hybridized carbons (Fsp3) is 0.571. The predicted octanol–water partition coefficient (Wildman–Crippen LogP) is 3.63. The summed E-state index contributed by atoms with van der Waals surface area (Å²) in [5.74, 6) is 0. The van der Waals surface area contributed by atoms with Crippen LogP contribution in [0.25, 0.3) is 0 Å². The molecular formula is C14H20ClN. The van der Waals surface area contributed by atoms with E-state index in [2.05, 4.69) is 36.5 Å². The van der Waals surface area contributed by atoms with E-state index in [-0.39, 0.29) is 0 Å². The third kappa shape index (κ3) is 3.23. The summed E-state index contributed by atoms with van der Waals surface area (Å²) in [6.45, 7) is 3.07. The minimum atomic E-state index is 0.318. The Morgan fingerprint density at radius 1 is 1.31 bits per heavy atom. The Hall–Kier alpha value is -0.530. The summed E-state index contributed by atoms with van der Waals surface area (Å²) in [4.78, 5) is 0. The quantitative estimate of drug-likeness (QED) is 0.792. The van der Waals surface area contributed by atoms with E-state index < -0.39 is 0 Å². The number of rotatable bonds is 3. The molecule has 0 bridgehead atoms. The number of benzene rings is 1. The summed E-state index contributed by atoms with van der Waals surface area (Å²) in [6, 6.07) is 9.15. The number of halogens is 1. The zero-order valence-electron chi connectivity index (χ0n) is 9.88. The van der Waals surface area contributed by atoms with Crippen molar-refractivity contribution in [1.29, 1.82) is 0 Å². The molecule has 1 N–H and O–H groups in total. The first kappa shape index (κ1) is 11.9. The lowest BCUT2D eigenvalue weighted by atomic mass is 9.95. The van der Waals surface area contributed by atoms with Gasteiger partial charge in [0.15, 0.2) is 0 Å². The van der Waals surface area contributed by atoms with Gasteiger partial charge in [-0.05, 0) is 25.3 Å². The fourth-order valence-electron chi connectivity index (χ4n) is 2.39. The van der Waals surface area contributed by atoms with Crippen molar-refractivity contribution in [2.75, 3.05) is 0 Å². The van der Waals surface area contributed by atoms with E-state index >= 15 is 0 Å². The number of hydrogen-bond donors (Lipinski definition) is 1. The second-order valence-corrected chi connectivity index (χ2v) is 5.34. The van der Waals surface area contributed by atoms with Gasteiger partial charge in [-0.2, -0.15) is 0 Å². The first-order valence-corrected chi connectivity index (χ1v) is 6.62. The van der Waals surface area contributed by atoms with Crippen LogP contribution in [0.3, 0.4) is 0 Å². The topological polar surface area (TPSA) is 12.0 Å². The van der Waals surface area contributed by atoms with Gasteiger partial charge in [0, 0.05) is 18.0 Å². The summed E-state index contributed by atoms with van der Waals surface area (Å²) >= 11 is 6.32. The molecule has 2 atom stereocenters. The molecule has 0 radical (unpaired) electrons. The lowest BCUT2D eigenvalue weighted by Gasteiger charge is -2.28. The number of alkyl halides is 1. The monoisotopic (exact) mass is 237 g/mol. The molecule has 2 rings (SSSR count). The molecule has 1 aliphatic rings. The molecular weight excluding hydrogens is 218 g/mol. The van der Waals surface area contributed by atoms with Crippen LogP contribution in [0.1, 0.15) is 36.8 Å². The van der Waals surface area contributed by atoms with Crippen LogP contribution in [-0.4, -0.2) is 11.4 Å². The van der Waals surface area contributed by atoms with E-state index in [1.807, 2.05) is 0 Å². The molecule has 0 amide bonds. The Balaban J connectivity index is 1.86. The van der Waals surface area contributed by atoms with Crippen molar-refractivity contribution >= 4 is 11.6 Å². The van der Waals surface area contributed by atoms with E-state index in [1.165, 1.54) is 30.4 Å². The maximum Gasteiger partial charge on any atom is 0.0489 e. The smallest absolute Gasteiger partial charge is 0.0489 e. The molecule has 1 fully saturated rings. The van der Waals surface area contributed by atoms with Gasteiger partial charge in [-0.25, -0.2) is 0 Å². The standard InChI is InChI=1S/C14H20ClN/c1-11-5-4-6-12(9-11)10-16-14-8-3-2-7-13(14)15/h4-6,9,13-14,16H,2-3,7-8,10H2,1H3. The van der Waals surface area contributed by atoms with Gasteiger partial charge in [-0.1, -0.05) is 42.7 Å². The molecule has 1 aromatic carbocycles. The van der Waals surface area contributed by atoms with Crippen LogP contribution >= 0.6 is 11.6 Å². The van der Waals surface area contributed by atoms with Gasteiger partial charge in [-0.3, -0.25) is 0 Å². The van der Waals surface area contributed by atoms with Crippen molar-refractivity contribution in [2.45, 2.75) is 50.6 Å². The van der Waals surface area contributed by atoms with Crippen LogP contribution in [0.2, 0.25) is 0 Å². The molecule has 0 aliphatic heterocycles. The van der Waals surface area contributed by atoms with Gasteiger partial charge >= 0.3 is 0 Å². The van der Waals surface area contributed by atoms with Gasteiger partial charge < -0.3 is 5.32 Å². The summed E-state index contributed by atoms with van der Waals surface area (Å²) in [7, 11) is 0. The minimum Gasteiger partial charge on any atom is -0.308 e. The highest BCUT2D eigenvalue weighted by molar-refractivity contribution is 6.21. The van der Waals surface area contributed by atoms with Gasteiger partial charge in [0.2, 0.25) is 0 Å². The molecule has 0 heterocycles. The van der Waals surface area contributed by atoms with Crippen LogP contribution in [0, 0.1) is 6.92 Å². The van der Waals surface area contributed by atoms with Crippen LogP contribution in [0.4, 0.5) is 0 Å². The first-order chi connectivity index (χ1) is 7.75. The average Bonchev–Trinajstić information content (AvgIpc) is 2.28. The van der Waals surface area contributed by atoms with E-state index in [9.17, 15) is 0 Å². The largest absolute Gasteiger partial charge is 0.308 e. The Bertz CT molecular complexity index is 337.